The molecule has 0 radical (unpaired) electrons. The first-order valence-corrected chi connectivity index (χ1v) is 9.11. The Morgan fingerprint density at radius 2 is 1.71 bits per heavy atom. The Morgan fingerprint density at radius 3 is 2.46 bits per heavy atom. The zero-order chi connectivity index (χ0) is 17.3. The third kappa shape index (κ3) is 13.4. The lowest BCUT2D eigenvalue weighted by Gasteiger charge is -2.08. The number of rotatable bonds is 17. The maximum absolute atomic E-state index is 5.52. The summed E-state index contributed by atoms with van der Waals surface area (Å²) in [5, 5.41) is 11.0. The average molecular weight is 342 g/mol. The van der Waals surface area contributed by atoms with Gasteiger partial charge in [0.25, 0.3) is 0 Å². The molecule has 0 bridgehead atoms. The minimum atomic E-state index is 0.353. The van der Waals surface area contributed by atoms with Crippen molar-refractivity contribution in [3.05, 3.63) is 12.4 Å². The lowest BCUT2D eigenvalue weighted by atomic mass is 10.2. The Labute approximate surface area is 146 Å². The molecular formula is C17H34N4O3. The molecule has 0 aliphatic carbocycles. The van der Waals surface area contributed by atoms with Crippen molar-refractivity contribution < 1.29 is 14.2 Å². The van der Waals surface area contributed by atoms with Crippen LogP contribution in [0.2, 0.25) is 0 Å². The second kappa shape index (κ2) is 15.5. The quantitative estimate of drug-likeness (QED) is 0.436. The largest absolute Gasteiger partial charge is 0.379 e. The first-order chi connectivity index (χ1) is 11.8. The lowest BCUT2D eigenvalue weighted by molar-refractivity contribution is 0.0449. The summed E-state index contributed by atoms with van der Waals surface area (Å²) in [7, 11) is 0. The summed E-state index contributed by atoms with van der Waals surface area (Å²) in [6, 6.07) is 0. The highest BCUT2D eigenvalue weighted by Gasteiger charge is 1.95. The summed E-state index contributed by atoms with van der Waals surface area (Å²) >= 11 is 0. The summed E-state index contributed by atoms with van der Waals surface area (Å²) < 4.78 is 18.3. The molecule has 1 aromatic rings. The summed E-state index contributed by atoms with van der Waals surface area (Å²) in [6.45, 7) is 10.3. The Balaban J connectivity index is 1.67. The second-order valence-corrected chi connectivity index (χ2v) is 5.97. The average Bonchev–Trinajstić information content (AvgIpc) is 3.07. The van der Waals surface area contributed by atoms with Crippen LogP contribution < -0.4 is 5.32 Å². The van der Waals surface area contributed by atoms with E-state index >= 15 is 0 Å². The van der Waals surface area contributed by atoms with Crippen LogP contribution >= 0.6 is 0 Å². The van der Waals surface area contributed by atoms with E-state index in [4.69, 9.17) is 14.2 Å². The molecule has 7 heteroatoms. The summed E-state index contributed by atoms with van der Waals surface area (Å²) in [4.78, 5) is 0. The number of unbranched alkanes of at least 4 members (excludes halogenated alkanes) is 3. The van der Waals surface area contributed by atoms with Gasteiger partial charge in [-0.3, -0.25) is 4.68 Å². The van der Waals surface area contributed by atoms with Crippen molar-refractivity contribution in [1.29, 1.82) is 0 Å². The van der Waals surface area contributed by atoms with Crippen LogP contribution in [0.25, 0.3) is 0 Å². The minimum absolute atomic E-state index is 0.353. The minimum Gasteiger partial charge on any atom is -0.379 e. The van der Waals surface area contributed by atoms with Crippen molar-refractivity contribution in [3.8, 4) is 0 Å². The molecule has 0 fully saturated rings. The number of nitrogens with zero attached hydrogens (tertiary/aromatic N) is 3. The Bertz CT molecular complexity index is 361. The van der Waals surface area contributed by atoms with Gasteiger partial charge in [-0.25, -0.2) is 0 Å². The van der Waals surface area contributed by atoms with Crippen LogP contribution in [0.15, 0.2) is 12.4 Å². The highest BCUT2D eigenvalue weighted by atomic mass is 16.5. The predicted octanol–water partition coefficient (Wildman–Crippen LogP) is 1.89. The van der Waals surface area contributed by atoms with Gasteiger partial charge in [-0.05, 0) is 33.2 Å². The smallest absolute Gasteiger partial charge is 0.0701 e. The highest BCUT2D eigenvalue weighted by molar-refractivity contribution is 4.63. The van der Waals surface area contributed by atoms with E-state index < -0.39 is 0 Å². The lowest BCUT2D eigenvalue weighted by Crippen LogP contribution is -2.22. The fourth-order valence-electron chi connectivity index (χ4n) is 2.13. The molecule has 1 heterocycles. The molecule has 140 valence electrons. The Morgan fingerprint density at radius 1 is 0.917 bits per heavy atom. The third-order valence-corrected chi connectivity index (χ3v) is 3.43. The topological polar surface area (TPSA) is 70.4 Å². The van der Waals surface area contributed by atoms with Crippen LogP contribution in [-0.2, 0) is 20.8 Å². The molecule has 1 N–H and O–H groups in total. The molecule has 0 saturated carbocycles. The van der Waals surface area contributed by atoms with Crippen LogP contribution in [0.4, 0.5) is 0 Å². The number of hydrogen-bond acceptors (Lipinski definition) is 6. The summed E-state index contributed by atoms with van der Waals surface area (Å²) in [5.74, 6) is 0. The summed E-state index contributed by atoms with van der Waals surface area (Å²) in [6.07, 6.45) is 8.73. The Hall–Kier alpha value is -1.02. The van der Waals surface area contributed by atoms with Crippen LogP contribution in [-0.4, -0.2) is 67.2 Å². The van der Waals surface area contributed by atoms with E-state index in [0.29, 0.717) is 25.9 Å². The van der Waals surface area contributed by atoms with E-state index in [1.807, 2.05) is 6.20 Å². The predicted molar refractivity (Wildman–Crippen MR) is 94.1 cm³/mol. The van der Waals surface area contributed by atoms with Crippen molar-refractivity contribution in [1.82, 2.24) is 20.3 Å². The van der Waals surface area contributed by atoms with Gasteiger partial charge in [0, 0.05) is 19.3 Å². The standard InChI is InChI=1S/C17H34N4O3/c1-17(2)24-12-6-4-3-5-7-18-9-13-22-15-16-23-14-11-21-10-8-19-20-21/h8,10,17-18H,3-7,9,11-16H2,1-2H3. The molecule has 0 aliphatic heterocycles. The molecule has 0 amide bonds. The van der Waals surface area contributed by atoms with E-state index in [9.17, 15) is 0 Å². The van der Waals surface area contributed by atoms with Gasteiger partial charge in [0.1, 0.15) is 0 Å². The molecule has 0 saturated heterocycles. The molecule has 1 aromatic heterocycles. The molecule has 0 atom stereocenters. The molecule has 0 unspecified atom stereocenters. The zero-order valence-electron chi connectivity index (χ0n) is 15.3. The second-order valence-electron chi connectivity index (χ2n) is 5.97. The zero-order valence-corrected chi connectivity index (χ0v) is 15.3. The van der Waals surface area contributed by atoms with Gasteiger partial charge in [-0.2, -0.15) is 0 Å². The van der Waals surface area contributed by atoms with E-state index in [-0.39, 0.29) is 0 Å². The van der Waals surface area contributed by atoms with Gasteiger partial charge in [-0.15, -0.1) is 5.10 Å². The fourth-order valence-corrected chi connectivity index (χ4v) is 2.13. The van der Waals surface area contributed by atoms with E-state index in [2.05, 4.69) is 29.5 Å². The van der Waals surface area contributed by atoms with Crippen molar-refractivity contribution in [3.63, 3.8) is 0 Å². The number of aromatic nitrogens is 3. The SMILES string of the molecule is CC(C)OCCCCCCNCCOCCOCCn1ccnn1. The van der Waals surface area contributed by atoms with Gasteiger partial charge in [0.15, 0.2) is 0 Å². The molecule has 0 aliphatic rings. The van der Waals surface area contributed by atoms with E-state index in [1.165, 1.54) is 19.3 Å². The van der Waals surface area contributed by atoms with Crippen LogP contribution in [0.1, 0.15) is 39.5 Å². The normalized spacial score (nSPS) is 11.5. The molecule has 7 nitrogen and oxygen atoms in total. The van der Waals surface area contributed by atoms with Crippen molar-refractivity contribution in [2.75, 3.05) is 46.1 Å². The first-order valence-electron chi connectivity index (χ1n) is 9.11. The van der Waals surface area contributed by atoms with Crippen molar-refractivity contribution in [2.45, 2.75) is 52.2 Å². The van der Waals surface area contributed by atoms with E-state index in [1.54, 1.807) is 10.9 Å². The first kappa shape index (κ1) is 21.0. The number of hydrogen-bond donors (Lipinski definition) is 1. The molecule has 1 rings (SSSR count). The number of nitrogens with one attached hydrogen (secondary N) is 1. The van der Waals surface area contributed by atoms with Crippen LogP contribution in [0.5, 0.6) is 0 Å². The Kier molecular flexibility index (Phi) is 13.6. The van der Waals surface area contributed by atoms with Crippen LogP contribution in [0, 0.1) is 0 Å². The molecule has 0 aromatic carbocycles. The van der Waals surface area contributed by atoms with Crippen LogP contribution in [0.3, 0.4) is 0 Å². The van der Waals surface area contributed by atoms with Crippen molar-refractivity contribution >= 4 is 0 Å². The molecule has 24 heavy (non-hydrogen) atoms. The van der Waals surface area contributed by atoms with Gasteiger partial charge in [-0.1, -0.05) is 18.1 Å². The third-order valence-electron chi connectivity index (χ3n) is 3.43. The van der Waals surface area contributed by atoms with Gasteiger partial charge < -0.3 is 19.5 Å². The van der Waals surface area contributed by atoms with Gasteiger partial charge in [0.05, 0.1) is 45.3 Å². The fraction of sp³-hybridized carbons (Fsp3) is 0.882. The maximum atomic E-state index is 5.52. The molecular weight excluding hydrogens is 308 g/mol. The molecule has 0 spiro atoms. The van der Waals surface area contributed by atoms with E-state index in [0.717, 1.165) is 39.3 Å². The monoisotopic (exact) mass is 342 g/mol. The van der Waals surface area contributed by atoms with Gasteiger partial charge >= 0.3 is 0 Å². The highest BCUT2D eigenvalue weighted by Crippen LogP contribution is 2.00. The summed E-state index contributed by atoms with van der Waals surface area (Å²) in [5.41, 5.74) is 0. The van der Waals surface area contributed by atoms with Crippen molar-refractivity contribution in [2.24, 2.45) is 0 Å². The number of ether oxygens (including phenoxy) is 3. The van der Waals surface area contributed by atoms with Gasteiger partial charge in [0.2, 0.25) is 0 Å². The maximum Gasteiger partial charge on any atom is 0.0701 e.